The smallest absolute Gasteiger partial charge is 0.261 e. The highest BCUT2D eigenvalue weighted by Gasteiger charge is 2.32. The fourth-order valence-corrected chi connectivity index (χ4v) is 2.64. The molecule has 1 heterocycles. The minimum Gasteiger partial charge on any atom is -0.305 e. The molecule has 2 aromatic rings. The molecule has 2 nitrogen and oxygen atoms in total. The summed E-state index contributed by atoms with van der Waals surface area (Å²) in [7, 11) is 0. The van der Waals surface area contributed by atoms with Gasteiger partial charge in [-0.05, 0) is 37.1 Å². The lowest BCUT2D eigenvalue weighted by atomic mass is 10.1. The van der Waals surface area contributed by atoms with Gasteiger partial charge in [0.1, 0.15) is 5.82 Å². The van der Waals surface area contributed by atoms with Crippen LogP contribution in [0.5, 0.6) is 0 Å². The average Bonchev–Trinajstić information content (AvgIpc) is 2.74. The largest absolute Gasteiger partial charge is 0.305 e. The lowest BCUT2D eigenvalue weighted by molar-refractivity contribution is 0.0977. The van der Waals surface area contributed by atoms with E-state index >= 15 is 0 Å². The summed E-state index contributed by atoms with van der Waals surface area (Å²) in [5.41, 5.74) is 2.16. The van der Waals surface area contributed by atoms with Crippen LogP contribution in [0.15, 0.2) is 48.5 Å². The van der Waals surface area contributed by atoms with Crippen LogP contribution in [-0.2, 0) is 6.42 Å². The van der Waals surface area contributed by atoms with Crippen molar-refractivity contribution >= 4 is 11.6 Å². The molecule has 3 rings (SSSR count). The number of hydrogen-bond acceptors (Lipinski definition) is 1. The van der Waals surface area contributed by atoms with Gasteiger partial charge in [0.05, 0.1) is 5.56 Å². The molecule has 1 aliphatic heterocycles. The predicted octanol–water partition coefficient (Wildman–Crippen LogP) is 3.42. The molecule has 2 aromatic carbocycles. The zero-order valence-electron chi connectivity index (χ0n) is 10.6. The summed E-state index contributed by atoms with van der Waals surface area (Å²) < 4.78 is 13.7. The van der Waals surface area contributed by atoms with Crippen molar-refractivity contribution in [1.29, 1.82) is 0 Å². The Balaban J connectivity index is 2.03. The Morgan fingerprint density at radius 1 is 1.16 bits per heavy atom. The average molecular weight is 255 g/mol. The first-order chi connectivity index (χ1) is 9.18. The van der Waals surface area contributed by atoms with E-state index in [9.17, 15) is 9.18 Å². The number of anilines is 1. The number of rotatable bonds is 1. The normalized spacial score (nSPS) is 17.4. The summed E-state index contributed by atoms with van der Waals surface area (Å²) >= 11 is 0. The summed E-state index contributed by atoms with van der Waals surface area (Å²) in [6.45, 7) is 1.98. The minimum atomic E-state index is -0.468. The molecule has 0 aliphatic carbocycles. The van der Waals surface area contributed by atoms with Crippen molar-refractivity contribution in [3.05, 3.63) is 65.5 Å². The Kier molecular flexibility index (Phi) is 2.82. The van der Waals surface area contributed by atoms with E-state index in [1.807, 2.05) is 31.2 Å². The molecule has 96 valence electrons. The van der Waals surface area contributed by atoms with E-state index < -0.39 is 5.82 Å². The van der Waals surface area contributed by atoms with Gasteiger partial charge in [-0.25, -0.2) is 4.39 Å². The van der Waals surface area contributed by atoms with Crippen molar-refractivity contribution in [3.63, 3.8) is 0 Å². The van der Waals surface area contributed by atoms with Gasteiger partial charge in [0.15, 0.2) is 0 Å². The molecule has 0 bridgehead atoms. The van der Waals surface area contributed by atoms with Gasteiger partial charge in [-0.1, -0.05) is 30.3 Å². The lowest BCUT2D eigenvalue weighted by Crippen LogP contribution is -2.36. The summed E-state index contributed by atoms with van der Waals surface area (Å²) in [4.78, 5) is 14.2. The van der Waals surface area contributed by atoms with Gasteiger partial charge >= 0.3 is 0 Å². The zero-order valence-corrected chi connectivity index (χ0v) is 10.6. The number of para-hydroxylation sites is 1. The van der Waals surface area contributed by atoms with Crippen molar-refractivity contribution in [3.8, 4) is 0 Å². The maximum Gasteiger partial charge on any atom is 0.261 e. The lowest BCUT2D eigenvalue weighted by Gasteiger charge is -2.23. The summed E-state index contributed by atoms with van der Waals surface area (Å²) in [5.74, 6) is -0.736. The zero-order chi connectivity index (χ0) is 13.4. The van der Waals surface area contributed by atoms with E-state index in [4.69, 9.17) is 0 Å². The SMILES string of the molecule is CC1Cc2ccccc2N1C(=O)c1ccccc1F. The topological polar surface area (TPSA) is 20.3 Å². The highest BCUT2D eigenvalue weighted by Crippen LogP contribution is 2.33. The van der Waals surface area contributed by atoms with Crippen LogP contribution in [0.2, 0.25) is 0 Å². The second-order valence-corrected chi connectivity index (χ2v) is 4.84. The highest BCUT2D eigenvalue weighted by molar-refractivity contribution is 6.07. The molecule has 1 atom stereocenters. The third-order valence-electron chi connectivity index (χ3n) is 3.53. The molecule has 1 amide bonds. The van der Waals surface area contributed by atoms with E-state index in [0.29, 0.717) is 0 Å². The van der Waals surface area contributed by atoms with Gasteiger partial charge in [-0.15, -0.1) is 0 Å². The minimum absolute atomic E-state index is 0.0597. The van der Waals surface area contributed by atoms with Crippen LogP contribution in [0.1, 0.15) is 22.8 Å². The van der Waals surface area contributed by atoms with Crippen LogP contribution < -0.4 is 4.90 Å². The number of amides is 1. The van der Waals surface area contributed by atoms with Gasteiger partial charge in [-0.2, -0.15) is 0 Å². The molecule has 1 unspecified atom stereocenters. The molecule has 0 saturated carbocycles. The van der Waals surface area contributed by atoms with Crippen LogP contribution in [0.25, 0.3) is 0 Å². The Morgan fingerprint density at radius 3 is 2.63 bits per heavy atom. The molecule has 0 saturated heterocycles. The maximum absolute atomic E-state index is 13.7. The second kappa shape index (κ2) is 4.50. The van der Waals surface area contributed by atoms with E-state index in [1.165, 1.54) is 12.1 Å². The summed E-state index contributed by atoms with van der Waals surface area (Å²) in [5, 5.41) is 0. The van der Waals surface area contributed by atoms with E-state index in [1.54, 1.807) is 17.0 Å². The third-order valence-corrected chi connectivity index (χ3v) is 3.53. The van der Waals surface area contributed by atoms with Gasteiger partial charge in [0.25, 0.3) is 5.91 Å². The number of nitrogens with zero attached hydrogens (tertiary/aromatic N) is 1. The van der Waals surface area contributed by atoms with Gasteiger partial charge in [-0.3, -0.25) is 4.79 Å². The molecule has 0 fully saturated rings. The van der Waals surface area contributed by atoms with Gasteiger partial charge in [0.2, 0.25) is 0 Å². The monoisotopic (exact) mass is 255 g/mol. The van der Waals surface area contributed by atoms with Crippen LogP contribution in [0, 0.1) is 5.82 Å². The number of carbonyl (C=O) groups excluding carboxylic acids is 1. The van der Waals surface area contributed by atoms with Gasteiger partial charge in [0, 0.05) is 11.7 Å². The first-order valence-electron chi connectivity index (χ1n) is 6.34. The highest BCUT2D eigenvalue weighted by atomic mass is 19.1. The van der Waals surface area contributed by atoms with E-state index in [2.05, 4.69) is 0 Å². The van der Waals surface area contributed by atoms with Crippen molar-refractivity contribution in [1.82, 2.24) is 0 Å². The number of hydrogen-bond donors (Lipinski definition) is 0. The first-order valence-corrected chi connectivity index (χ1v) is 6.34. The molecule has 0 N–H and O–H groups in total. The summed E-state index contributed by atoms with van der Waals surface area (Å²) in [6.07, 6.45) is 0.816. The second-order valence-electron chi connectivity index (χ2n) is 4.84. The molecule has 3 heteroatoms. The summed E-state index contributed by atoms with van der Waals surface area (Å²) in [6, 6.07) is 14.0. The third kappa shape index (κ3) is 1.91. The molecule has 19 heavy (non-hydrogen) atoms. The standard InChI is InChI=1S/C16H14FNO/c1-11-10-12-6-2-5-9-15(12)18(11)16(19)13-7-3-4-8-14(13)17/h2-9,11H,10H2,1H3. The van der Waals surface area contributed by atoms with Crippen molar-refractivity contribution < 1.29 is 9.18 Å². The Hall–Kier alpha value is -2.16. The number of fused-ring (bicyclic) bond motifs is 1. The van der Waals surface area contributed by atoms with Crippen molar-refractivity contribution in [2.24, 2.45) is 0 Å². The predicted molar refractivity (Wildman–Crippen MR) is 72.8 cm³/mol. The number of carbonyl (C=O) groups is 1. The molecular weight excluding hydrogens is 241 g/mol. The van der Waals surface area contributed by atoms with E-state index in [-0.39, 0.29) is 17.5 Å². The van der Waals surface area contributed by atoms with Crippen LogP contribution in [-0.4, -0.2) is 11.9 Å². The Labute approximate surface area is 111 Å². The van der Waals surface area contributed by atoms with Crippen molar-refractivity contribution in [2.75, 3.05) is 4.90 Å². The molecule has 0 radical (unpaired) electrons. The quantitative estimate of drug-likeness (QED) is 0.764. The maximum atomic E-state index is 13.7. The number of halogens is 1. The fraction of sp³-hybridized carbons (Fsp3) is 0.188. The van der Waals surface area contributed by atoms with Crippen LogP contribution in [0.4, 0.5) is 10.1 Å². The molecule has 0 spiro atoms. The first kappa shape index (κ1) is 11.9. The van der Waals surface area contributed by atoms with E-state index in [0.717, 1.165) is 17.7 Å². The van der Waals surface area contributed by atoms with Crippen molar-refractivity contribution in [2.45, 2.75) is 19.4 Å². The fourth-order valence-electron chi connectivity index (χ4n) is 2.64. The molecule has 1 aliphatic rings. The van der Waals surface area contributed by atoms with Gasteiger partial charge < -0.3 is 4.90 Å². The number of benzene rings is 2. The molecule has 0 aromatic heterocycles. The van der Waals surface area contributed by atoms with Crippen LogP contribution in [0.3, 0.4) is 0 Å². The molecular formula is C16H14FNO. The Bertz CT molecular complexity index is 638. The van der Waals surface area contributed by atoms with Crippen LogP contribution >= 0.6 is 0 Å². The Morgan fingerprint density at radius 2 is 1.84 bits per heavy atom.